The highest BCUT2D eigenvalue weighted by Gasteiger charge is 2.39. The number of hydrogen-bond donors (Lipinski definition) is 3. The zero-order chi connectivity index (χ0) is 16.0. The number of rotatable bonds is 9. The van der Waals surface area contributed by atoms with Gasteiger partial charge in [0.25, 0.3) is 0 Å². The molecule has 6 nitrogen and oxygen atoms in total. The summed E-state index contributed by atoms with van der Waals surface area (Å²) in [5.74, 6) is -0.551. The minimum Gasteiger partial charge on any atom is -0.481 e. The van der Waals surface area contributed by atoms with Gasteiger partial charge in [-0.1, -0.05) is 20.8 Å². The molecule has 1 saturated carbocycles. The van der Waals surface area contributed by atoms with E-state index in [0.717, 1.165) is 6.42 Å². The average Bonchev–Trinajstić information content (AvgIpc) is 3.17. The SMILES string of the molecule is CCC(CC)(CNC(=O)CCNC(=O)C1CC1C)C(=O)O. The molecule has 0 heterocycles. The lowest BCUT2D eigenvalue weighted by Crippen LogP contribution is -2.43. The molecule has 21 heavy (non-hydrogen) atoms. The third-order valence-corrected chi connectivity index (χ3v) is 4.53. The van der Waals surface area contributed by atoms with Crippen molar-refractivity contribution >= 4 is 17.8 Å². The molecule has 2 atom stereocenters. The largest absolute Gasteiger partial charge is 0.481 e. The second-order valence-corrected chi connectivity index (χ2v) is 5.93. The third-order valence-electron chi connectivity index (χ3n) is 4.53. The fourth-order valence-corrected chi connectivity index (χ4v) is 2.35. The van der Waals surface area contributed by atoms with Gasteiger partial charge in [-0.05, 0) is 25.2 Å². The molecule has 1 fully saturated rings. The van der Waals surface area contributed by atoms with E-state index in [2.05, 4.69) is 10.6 Å². The summed E-state index contributed by atoms with van der Waals surface area (Å²) in [6, 6.07) is 0. The molecule has 0 spiro atoms. The number of nitrogens with one attached hydrogen (secondary N) is 2. The summed E-state index contributed by atoms with van der Waals surface area (Å²) in [6.45, 7) is 6.06. The van der Waals surface area contributed by atoms with Crippen molar-refractivity contribution in [1.29, 1.82) is 0 Å². The predicted molar refractivity (Wildman–Crippen MR) is 78.6 cm³/mol. The van der Waals surface area contributed by atoms with Gasteiger partial charge in [-0.25, -0.2) is 0 Å². The molecule has 3 N–H and O–H groups in total. The molecule has 6 heteroatoms. The summed E-state index contributed by atoms with van der Waals surface area (Å²) < 4.78 is 0. The first-order valence-corrected chi connectivity index (χ1v) is 7.64. The molecule has 2 amide bonds. The van der Waals surface area contributed by atoms with E-state index < -0.39 is 11.4 Å². The number of aliphatic carboxylic acids is 1. The smallest absolute Gasteiger partial charge is 0.311 e. The van der Waals surface area contributed by atoms with Crippen LogP contribution in [0.4, 0.5) is 0 Å². The maximum atomic E-state index is 11.7. The summed E-state index contributed by atoms with van der Waals surface area (Å²) in [5.41, 5.74) is -0.900. The van der Waals surface area contributed by atoms with Gasteiger partial charge in [-0.15, -0.1) is 0 Å². The molecule has 0 aromatic heterocycles. The Morgan fingerprint density at radius 1 is 1.19 bits per heavy atom. The van der Waals surface area contributed by atoms with Crippen molar-refractivity contribution in [2.75, 3.05) is 13.1 Å². The first-order chi connectivity index (χ1) is 9.86. The molecule has 120 valence electrons. The van der Waals surface area contributed by atoms with E-state index in [0.29, 0.717) is 25.3 Å². The van der Waals surface area contributed by atoms with Crippen LogP contribution >= 0.6 is 0 Å². The maximum absolute atomic E-state index is 11.7. The van der Waals surface area contributed by atoms with Crippen LogP contribution in [0.25, 0.3) is 0 Å². The van der Waals surface area contributed by atoms with Gasteiger partial charge in [0.15, 0.2) is 0 Å². The fraction of sp³-hybridized carbons (Fsp3) is 0.800. The van der Waals surface area contributed by atoms with Gasteiger partial charge in [-0.3, -0.25) is 14.4 Å². The quantitative estimate of drug-likeness (QED) is 0.595. The lowest BCUT2D eigenvalue weighted by atomic mass is 9.82. The van der Waals surface area contributed by atoms with Gasteiger partial charge in [-0.2, -0.15) is 0 Å². The standard InChI is InChI=1S/C15H26N2O4/c1-4-15(5-2,14(20)21)9-17-12(18)6-7-16-13(19)11-8-10(11)3/h10-11H,4-9H2,1-3H3,(H,16,19)(H,17,18)(H,20,21). The molecular formula is C15H26N2O4. The number of carbonyl (C=O) groups is 3. The number of carboxylic acids is 1. The van der Waals surface area contributed by atoms with E-state index in [9.17, 15) is 19.5 Å². The highest BCUT2D eigenvalue weighted by Crippen LogP contribution is 2.37. The van der Waals surface area contributed by atoms with Gasteiger partial charge in [0.2, 0.25) is 11.8 Å². The molecule has 0 aromatic rings. The number of hydrogen-bond acceptors (Lipinski definition) is 3. The Morgan fingerprint density at radius 2 is 1.76 bits per heavy atom. The molecule has 0 bridgehead atoms. The number of carbonyl (C=O) groups excluding carboxylic acids is 2. The van der Waals surface area contributed by atoms with Crippen LogP contribution in [0.2, 0.25) is 0 Å². The van der Waals surface area contributed by atoms with Crippen LogP contribution in [-0.2, 0) is 14.4 Å². The molecule has 0 saturated heterocycles. The van der Waals surface area contributed by atoms with Gasteiger partial charge in [0.1, 0.15) is 0 Å². The summed E-state index contributed by atoms with van der Waals surface area (Å²) >= 11 is 0. The van der Waals surface area contributed by atoms with Crippen molar-refractivity contribution in [3.63, 3.8) is 0 Å². The highest BCUT2D eigenvalue weighted by atomic mass is 16.4. The summed E-state index contributed by atoms with van der Waals surface area (Å²) in [4.78, 5) is 34.6. The average molecular weight is 298 g/mol. The Hall–Kier alpha value is -1.59. The normalized spacial score (nSPS) is 20.7. The molecule has 1 aliphatic carbocycles. The van der Waals surface area contributed by atoms with Crippen LogP contribution in [0.15, 0.2) is 0 Å². The highest BCUT2D eigenvalue weighted by molar-refractivity contribution is 5.83. The van der Waals surface area contributed by atoms with E-state index in [1.165, 1.54) is 0 Å². The minimum atomic E-state index is -0.900. The number of carboxylic acid groups (broad SMARTS) is 1. The molecular weight excluding hydrogens is 272 g/mol. The summed E-state index contributed by atoms with van der Waals surface area (Å²) in [6.07, 6.45) is 2.03. The Labute approximate surface area is 125 Å². The Kier molecular flexibility index (Phi) is 6.18. The molecule has 2 unspecified atom stereocenters. The maximum Gasteiger partial charge on any atom is 0.311 e. The second-order valence-electron chi connectivity index (χ2n) is 5.93. The van der Waals surface area contributed by atoms with Crippen LogP contribution in [0.1, 0.15) is 46.5 Å². The van der Waals surface area contributed by atoms with Gasteiger partial charge in [0, 0.05) is 25.4 Å². The van der Waals surface area contributed by atoms with Crippen LogP contribution < -0.4 is 10.6 Å². The Morgan fingerprint density at radius 3 is 2.19 bits per heavy atom. The molecule has 0 aliphatic heterocycles. The van der Waals surface area contributed by atoms with Crippen molar-refractivity contribution in [1.82, 2.24) is 10.6 Å². The predicted octanol–water partition coefficient (Wildman–Crippen LogP) is 1.16. The first-order valence-electron chi connectivity index (χ1n) is 7.64. The Balaban J connectivity index is 2.27. The van der Waals surface area contributed by atoms with E-state index in [-0.39, 0.29) is 30.7 Å². The lowest BCUT2D eigenvalue weighted by molar-refractivity contribution is -0.149. The topological polar surface area (TPSA) is 95.5 Å². The lowest BCUT2D eigenvalue weighted by Gasteiger charge is -2.26. The van der Waals surface area contributed by atoms with Gasteiger partial charge in [0.05, 0.1) is 5.41 Å². The molecule has 0 radical (unpaired) electrons. The van der Waals surface area contributed by atoms with Crippen LogP contribution in [0, 0.1) is 17.3 Å². The van der Waals surface area contributed by atoms with Crippen molar-refractivity contribution in [3.05, 3.63) is 0 Å². The number of amides is 2. The molecule has 1 rings (SSSR count). The molecule has 0 aromatic carbocycles. The van der Waals surface area contributed by atoms with Crippen molar-refractivity contribution in [2.45, 2.75) is 46.5 Å². The van der Waals surface area contributed by atoms with Gasteiger partial charge < -0.3 is 15.7 Å². The minimum absolute atomic E-state index is 0.0114. The van der Waals surface area contributed by atoms with E-state index in [4.69, 9.17) is 0 Å². The fourth-order valence-electron chi connectivity index (χ4n) is 2.35. The van der Waals surface area contributed by atoms with Crippen molar-refractivity contribution in [3.8, 4) is 0 Å². The zero-order valence-corrected chi connectivity index (χ0v) is 13.1. The first kappa shape index (κ1) is 17.5. The third kappa shape index (κ3) is 4.72. The van der Waals surface area contributed by atoms with Crippen LogP contribution in [-0.4, -0.2) is 36.0 Å². The van der Waals surface area contributed by atoms with Crippen LogP contribution in [0.5, 0.6) is 0 Å². The van der Waals surface area contributed by atoms with E-state index in [1.807, 2.05) is 6.92 Å². The van der Waals surface area contributed by atoms with E-state index >= 15 is 0 Å². The van der Waals surface area contributed by atoms with Crippen molar-refractivity contribution < 1.29 is 19.5 Å². The second kappa shape index (κ2) is 7.43. The molecule has 1 aliphatic rings. The van der Waals surface area contributed by atoms with Crippen molar-refractivity contribution in [2.24, 2.45) is 17.3 Å². The zero-order valence-electron chi connectivity index (χ0n) is 13.1. The summed E-state index contributed by atoms with van der Waals surface area (Å²) in [5, 5.41) is 14.7. The Bertz CT molecular complexity index is 404. The summed E-state index contributed by atoms with van der Waals surface area (Å²) in [7, 11) is 0. The van der Waals surface area contributed by atoms with E-state index in [1.54, 1.807) is 13.8 Å². The monoisotopic (exact) mass is 298 g/mol. The van der Waals surface area contributed by atoms with Gasteiger partial charge >= 0.3 is 5.97 Å². The van der Waals surface area contributed by atoms with Crippen LogP contribution in [0.3, 0.4) is 0 Å².